The summed E-state index contributed by atoms with van der Waals surface area (Å²) in [7, 11) is 0. The molecule has 1 amide bonds. The number of nitrogens with zero attached hydrogens (tertiary/aromatic N) is 1. The standard InChI is InChI=1S/C16H13ClF2N2O/c17-12-9-11-4-2-1-3-7-21(11)15(12)16(22)20-10-5-6-13(18)14(19)8-10/h2,4-6,8-9H,1,3,7H2,(H,20,22). The van der Waals surface area contributed by atoms with Crippen molar-refractivity contribution in [2.24, 2.45) is 0 Å². The quantitative estimate of drug-likeness (QED) is 0.869. The van der Waals surface area contributed by atoms with E-state index < -0.39 is 17.5 Å². The van der Waals surface area contributed by atoms with E-state index in [9.17, 15) is 13.6 Å². The number of carbonyl (C=O) groups excluding carboxylic acids is 1. The van der Waals surface area contributed by atoms with Gasteiger partial charge in [0.25, 0.3) is 5.91 Å². The Kier molecular flexibility index (Phi) is 3.98. The first-order chi connectivity index (χ1) is 10.6. The van der Waals surface area contributed by atoms with E-state index in [1.54, 1.807) is 6.07 Å². The third-order valence-electron chi connectivity index (χ3n) is 3.52. The Morgan fingerprint density at radius 1 is 1.23 bits per heavy atom. The molecule has 1 aliphatic heterocycles. The zero-order valence-electron chi connectivity index (χ0n) is 11.6. The van der Waals surface area contributed by atoms with Crippen LogP contribution in [-0.2, 0) is 6.54 Å². The van der Waals surface area contributed by atoms with Crippen LogP contribution in [-0.4, -0.2) is 10.5 Å². The number of hydrogen-bond acceptors (Lipinski definition) is 1. The van der Waals surface area contributed by atoms with E-state index in [-0.39, 0.29) is 5.69 Å². The van der Waals surface area contributed by atoms with Crippen LogP contribution in [0.3, 0.4) is 0 Å². The van der Waals surface area contributed by atoms with Crippen molar-refractivity contribution in [3.8, 4) is 0 Å². The normalized spacial score (nSPS) is 13.6. The van der Waals surface area contributed by atoms with E-state index in [0.29, 0.717) is 17.3 Å². The maximum atomic E-state index is 13.2. The fraction of sp³-hybridized carbons (Fsp3) is 0.188. The fourth-order valence-electron chi connectivity index (χ4n) is 2.48. The number of aromatic nitrogens is 1. The van der Waals surface area contributed by atoms with Crippen molar-refractivity contribution in [1.82, 2.24) is 4.57 Å². The highest BCUT2D eigenvalue weighted by Gasteiger charge is 2.20. The van der Waals surface area contributed by atoms with Crippen molar-refractivity contribution in [2.45, 2.75) is 19.4 Å². The molecule has 0 fully saturated rings. The Morgan fingerprint density at radius 2 is 2.05 bits per heavy atom. The molecule has 2 heterocycles. The van der Waals surface area contributed by atoms with Crippen LogP contribution in [0.25, 0.3) is 6.08 Å². The van der Waals surface area contributed by atoms with Crippen molar-refractivity contribution >= 4 is 29.3 Å². The summed E-state index contributed by atoms with van der Waals surface area (Å²) >= 11 is 6.16. The van der Waals surface area contributed by atoms with Gasteiger partial charge < -0.3 is 9.88 Å². The molecule has 0 spiro atoms. The van der Waals surface area contributed by atoms with Crippen molar-refractivity contribution in [3.63, 3.8) is 0 Å². The Labute approximate surface area is 131 Å². The summed E-state index contributed by atoms with van der Waals surface area (Å²) in [6.07, 6.45) is 5.79. The lowest BCUT2D eigenvalue weighted by Gasteiger charge is -2.11. The van der Waals surface area contributed by atoms with Gasteiger partial charge in [-0.3, -0.25) is 4.79 Å². The predicted molar refractivity (Wildman–Crippen MR) is 82.0 cm³/mol. The summed E-state index contributed by atoms with van der Waals surface area (Å²) < 4.78 is 28.0. The molecule has 22 heavy (non-hydrogen) atoms. The molecular weight excluding hydrogens is 310 g/mol. The van der Waals surface area contributed by atoms with Gasteiger partial charge in [0.2, 0.25) is 0 Å². The molecule has 1 aromatic carbocycles. The minimum absolute atomic E-state index is 0.180. The van der Waals surface area contributed by atoms with Gasteiger partial charge in [-0.1, -0.05) is 17.7 Å². The molecule has 1 N–H and O–H groups in total. The summed E-state index contributed by atoms with van der Waals surface area (Å²) in [5, 5.41) is 2.88. The average molecular weight is 323 g/mol. The number of benzene rings is 1. The van der Waals surface area contributed by atoms with Gasteiger partial charge in [-0.2, -0.15) is 0 Å². The first-order valence-electron chi connectivity index (χ1n) is 6.88. The molecule has 3 rings (SSSR count). The van der Waals surface area contributed by atoms with Crippen LogP contribution in [0.2, 0.25) is 5.02 Å². The summed E-state index contributed by atoms with van der Waals surface area (Å²) in [4.78, 5) is 12.4. The highest BCUT2D eigenvalue weighted by molar-refractivity contribution is 6.34. The third-order valence-corrected chi connectivity index (χ3v) is 3.80. The van der Waals surface area contributed by atoms with Crippen LogP contribution in [0.15, 0.2) is 30.3 Å². The molecule has 0 bridgehead atoms. The summed E-state index contributed by atoms with van der Waals surface area (Å²) in [6, 6.07) is 4.93. The lowest BCUT2D eigenvalue weighted by atomic mass is 10.2. The monoisotopic (exact) mass is 322 g/mol. The largest absolute Gasteiger partial charge is 0.336 e. The number of hydrogen-bond donors (Lipinski definition) is 1. The number of rotatable bonds is 2. The van der Waals surface area contributed by atoms with E-state index in [2.05, 4.69) is 5.32 Å². The highest BCUT2D eigenvalue weighted by Crippen LogP contribution is 2.26. The lowest BCUT2D eigenvalue weighted by molar-refractivity contribution is 0.101. The highest BCUT2D eigenvalue weighted by atomic mass is 35.5. The van der Waals surface area contributed by atoms with E-state index in [1.165, 1.54) is 6.07 Å². The number of halogens is 3. The van der Waals surface area contributed by atoms with Crippen LogP contribution < -0.4 is 5.32 Å². The molecule has 0 atom stereocenters. The van der Waals surface area contributed by atoms with Crippen molar-refractivity contribution in [3.05, 3.63) is 58.4 Å². The Bertz CT molecular complexity index is 768. The first kappa shape index (κ1) is 14.8. The second-order valence-corrected chi connectivity index (χ2v) is 5.45. The van der Waals surface area contributed by atoms with Crippen LogP contribution in [0, 0.1) is 11.6 Å². The summed E-state index contributed by atoms with van der Waals surface area (Å²) in [5.41, 5.74) is 1.37. The zero-order valence-corrected chi connectivity index (χ0v) is 12.3. The average Bonchev–Trinajstić information content (AvgIpc) is 2.64. The van der Waals surface area contributed by atoms with Gasteiger partial charge in [-0.25, -0.2) is 8.78 Å². The van der Waals surface area contributed by atoms with Gasteiger partial charge in [0.05, 0.1) is 5.02 Å². The molecule has 0 saturated carbocycles. The van der Waals surface area contributed by atoms with Crippen molar-refractivity contribution in [1.29, 1.82) is 0 Å². The number of allylic oxidation sites excluding steroid dienone is 1. The van der Waals surface area contributed by atoms with E-state index in [0.717, 1.165) is 30.7 Å². The molecule has 114 valence electrons. The van der Waals surface area contributed by atoms with E-state index >= 15 is 0 Å². The van der Waals surface area contributed by atoms with E-state index in [4.69, 9.17) is 11.6 Å². The van der Waals surface area contributed by atoms with Crippen LogP contribution in [0.5, 0.6) is 0 Å². The van der Waals surface area contributed by atoms with Crippen LogP contribution >= 0.6 is 11.6 Å². The number of nitrogens with one attached hydrogen (secondary N) is 1. The van der Waals surface area contributed by atoms with Gasteiger partial charge in [0, 0.05) is 24.0 Å². The molecule has 0 unspecified atom stereocenters. The van der Waals surface area contributed by atoms with Gasteiger partial charge in [0.1, 0.15) is 5.69 Å². The van der Waals surface area contributed by atoms with E-state index in [1.807, 2.05) is 16.7 Å². The number of carbonyl (C=O) groups is 1. The Morgan fingerprint density at radius 3 is 2.82 bits per heavy atom. The molecule has 3 nitrogen and oxygen atoms in total. The molecule has 0 radical (unpaired) electrons. The first-order valence-corrected chi connectivity index (χ1v) is 7.26. The third kappa shape index (κ3) is 2.76. The van der Waals surface area contributed by atoms with Crippen LogP contribution in [0.1, 0.15) is 29.0 Å². The van der Waals surface area contributed by atoms with Gasteiger partial charge in [0.15, 0.2) is 11.6 Å². The lowest BCUT2D eigenvalue weighted by Crippen LogP contribution is -2.18. The fourth-order valence-corrected chi connectivity index (χ4v) is 2.78. The maximum absolute atomic E-state index is 13.2. The number of anilines is 1. The molecule has 1 aromatic heterocycles. The van der Waals surface area contributed by atoms with Gasteiger partial charge in [-0.05, 0) is 37.1 Å². The van der Waals surface area contributed by atoms with Crippen molar-refractivity contribution in [2.75, 3.05) is 5.32 Å². The minimum Gasteiger partial charge on any atom is -0.336 e. The Hall–Kier alpha value is -2.14. The van der Waals surface area contributed by atoms with Crippen LogP contribution in [0.4, 0.5) is 14.5 Å². The summed E-state index contributed by atoms with van der Waals surface area (Å²) in [5.74, 6) is -2.42. The zero-order chi connectivity index (χ0) is 15.7. The molecule has 6 heteroatoms. The summed E-state index contributed by atoms with van der Waals surface area (Å²) in [6.45, 7) is 0.676. The Balaban J connectivity index is 1.91. The maximum Gasteiger partial charge on any atom is 0.273 e. The number of amides is 1. The number of fused-ring (bicyclic) bond motifs is 1. The van der Waals surface area contributed by atoms with Gasteiger partial charge in [-0.15, -0.1) is 0 Å². The predicted octanol–water partition coefficient (Wildman–Crippen LogP) is 4.48. The topological polar surface area (TPSA) is 34.0 Å². The molecular formula is C16H13ClF2N2O. The molecule has 0 aliphatic carbocycles. The van der Waals surface area contributed by atoms with Crippen molar-refractivity contribution < 1.29 is 13.6 Å². The second kappa shape index (κ2) is 5.93. The molecule has 0 saturated heterocycles. The molecule has 2 aromatic rings. The second-order valence-electron chi connectivity index (χ2n) is 5.04. The van der Waals surface area contributed by atoms with Gasteiger partial charge >= 0.3 is 0 Å². The molecule has 1 aliphatic rings. The SMILES string of the molecule is O=C(Nc1ccc(F)c(F)c1)c1c(Cl)cc2n1CCCC=C2. The smallest absolute Gasteiger partial charge is 0.273 e. The minimum atomic E-state index is -1.01.